The molecule has 0 atom stereocenters. The highest BCUT2D eigenvalue weighted by atomic mass is 32.2. The van der Waals surface area contributed by atoms with Crippen LogP contribution in [0.5, 0.6) is 0 Å². The minimum absolute atomic E-state index is 0.0341. The Balaban J connectivity index is 1.91. The van der Waals surface area contributed by atoms with Gasteiger partial charge in [0.1, 0.15) is 0 Å². The number of nitrogens with zero attached hydrogens (tertiary/aromatic N) is 2. The first kappa shape index (κ1) is 18.6. The average molecular weight is 373 g/mol. The van der Waals surface area contributed by atoms with Gasteiger partial charge in [-0.1, -0.05) is 30.3 Å². The number of anilines is 1. The van der Waals surface area contributed by atoms with E-state index in [9.17, 15) is 13.2 Å². The molecule has 6 nitrogen and oxygen atoms in total. The van der Waals surface area contributed by atoms with Crippen LogP contribution in [0.4, 0.5) is 5.69 Å². The fraction of sp³-hybridized carbons (Fsp3) is 0.316. The minimum atomic E-state index is -3.67. The van der Waals surface area contributed by atoms with Crippen LogP contribution in [0.15, 0.2) is 53.4 Å². The molecule has 0 unspecified atom stereocenters. The van der Waals surface area contributed by atoms with E-state index in [1.807, 2.05) is 30.3 Å². The van der Waals surface area contributed by atoms with Gasteiger partial charge in [0, 0.05) is 38.8 Å². The van der Waals surface area contributed by atoms with Crippen LogP contribution in [0.25, 0.3) is 0 Å². The maximum Gasteiger partial charge on any atom is 0.243 e. The normalized spacial score (nSPS) is 13.9. The number of amides is 1. The highest BCUT2D eigenvalue weighted by molar-refractivity contribution is 7.89. The van der Waals surface area contributed by atoms with Crippen molar-refractivity contribution in [2.24, 2.45) is 5.73 Å². The van der Waals surface area contributed by atoms with E-state index in [1.54, 1.807) is 23.1 Å². The van der Waals surface area contributed by atoms with Gasteiger partial charge in [0.15, 0.2) is 0 Å². The van der Waals surface area contributed by atoms with Crippen LogP contribution in [0.2, 0.25) is 0 Å². The van der Waals surface area contributed by atoms with Gasteiger partial charge in [-0.25, -0.2) is 8.42 Å². The summed E-state index contributed by atoms with van der Waals surface area (Å²) in [6.07, 6.45) is 0.661. The minimum Gasteiger partial charge on any atom is -0.329 e. The number of nitrogens with two attached hydrogens (primary N) is 1. The van der Waals surface area contributed by atoms with E-state index in [2.05, 4.69) is 0 Å². The molecule has 0 fully saturated rings. The highest BCUT2D eigenvalue weighted by Gasteiger charge is 2.28. The number of benzene rings is 2. The first-order valence-corrected chi connectivity index (χ1v) is 10.0. The molecule has 1 aliphatic rings. The Kier molecular flexibility index (Phi) is 5.41. The summed E-state index contributed by atoms with van der Waals surface area (Å²) in [6, 6.07) is 14.4. The first-order valence-electron chi connectivity index (χ1n) is 8.58. The fourth-order valence-electron chi connectivity index (χ4n) is 3.23. The quantitative estimate of drug-likeness (QED) is 0.836. The van der Waals surface area contributed by atoms with Crippen LogP contribution in [0.1, 0.15) is 18.1 Å². The number of rotatable bonds is 6. The van der Waals surface area contributed by atoms with Crippen molar-refractivity contribution in [1.82, 2.24) is 4.31 Å². The van der Waals surface area contributed by atoms with Crippen molar-refractivity contribution >= 4 is 21.6 Å². The molecule has 7 heteroatoms. The maximum atomic E-state index is 13.1. The van der Waals surface area contributed by atoms with E-state index in [0.717, 1.165) is 16.8 Å². The second-order valence-electron chi connectivity index (χ2n) is 6.32. The lowest BCUT2D eigenvalue weighted by molar-refractivity contribution is -0.116. The molecule has 0 bridgehead atoms. The Labute approximate surface area is 154 Å². The van der Waals surface area contributed by atoms with Crippen LogP contribution in [0.3, 0.4) is 0 Å². The van der Waals surface area contributed by atoms with Gasteiger partial charge < -0.3 is 10.6 Å². The zero-order valence-corrected chi connectivity index (χ0v) is 15.6. The maximum absolute atomic E-state index is 13.1. The smallest absolute Gasteiger partial charge is 0.243 e. The molecular formula is C19H23N3O3S. The van der Waals surface area contributed by atoms with Crippen molar-refractivity contribution in [2.75, 3.05) is 24.5 Å². The third-order valence-electron chi connectivity index (χ3n) is 4.54. The van der Waals surface area contributed by atoms with Gasteiger partial charge in [-0.3, -0.25) is 4.79 Å². The van der Waals surface area contributed by atoms with E-state index < -0.39 is 10.0 Å². The Bertz CT molecular complexity index is 898. The molecule has 0 radical (unpaired) electrons. The van der Waals surface area contributed by atoms with E-state index in [4.69, 9.17) is 5.73 Å². The molecule has 0 saturated heterocycles. The second-order valence-corrected chi connectivity index (χ2v) is 8.26. The van der Waals surface area contributed by atoms with Gasteiger partial charge in [0.2, 0.25) is 15.9 Å². The molecular weight excluding hydrogens is 350 g/mol. The SMILES string of the molecule is CC(=O)N1CCc2cc(S(=O)(=O)N(CCN)Cc3ccccc3)ccc21. The summed E-state index contributed by atoms with van der Waals surface area (Å²) in [6.45, 7) is 2.87. The van der Waals surface area contributed by atoms with Gasteiger partial charge in [-0.2, -0.15) is 4.31 Å². The zero-order chi connectivity index (χ0) is 18.7. The molecule has 26 heavy (non-hydrogen) atoms. The van der Waals surface area contributed by atoms with Gasteiger partial charge >= 0.3 is 0 Å². The largest absolute Gasteiger partial charge is 0.329 e. The average Bonchev–Trinajstić information content (AvgIpc) is 3.05. The predicted molar refractivity (Wildman–Crippen MR) is 101 cm³/mol. The number of hydrogen-bond donors (Lipinski definition) is 1. The van der Waals surface area contributed by atoms with Crippen molar-refractivity contribution < 1.29 is 13.2 Å². The molecule has 2 N–H and O–H groups in total. The lowest BCUT2D eigenvalue weighted by atomic mass is 10.2. The Morgan fingerprint density at radius 3 is 2.58 bits per heavy atom. The standard InChI is InChI=1S/C19H23N3O3S/c1-15(23)22-11-9-17-13-18(7-8-19(17)22)26(24,25)21(12-10-20)14-16-5-3-2-4-6-16/h2-8,13H,9-12,14,20H2,1H3. The van der Waals surface area contributed by atoms with Crippen molar-refractivity contribution in [3.8, 4) is 0 Å². The Morgan fingerprint density at radius 2 is 1.92 bits per heavy atom. The van der Waals surface area contributed by atoms with E-state index in [0.29, 0.717) is 13.0 Å². The van der Waals surface area contributed by atoms with Crippen molar-refractivity contribution in [1.29, 1.82) is 0 Å². The van der Waals surface area contributed by atoms with Crippen LogP contribution >= 0.6 is 0 Å². The molecule has 1 amide bonds. The molecule has 1 aliphatic heterocycles. The Hall–Kier alpha value is -2.22. The molecule has 0 spiro atoms. The topological polar surface area (TPSA) is 83.7 Å². The number of hydrogen-bond acceptors (Lipinski definition) is 4. The Morgan fingerprint density at radius 1 is 1.19 bits per heavy atom. The van der Waals surface area contributed by atoms with Gasteiger partial charge in [-0.15, -0.1) is 0 Å². The van der Waals surface area contributed by atoms with E-state index in [-0.39, 0.29) is 30.4 Å². The third-order valence-corrected chi connectivity index (χ3v) is 6.39. The summed E-state index contributed by atoms with van der Waals surface area (Å²) in [5, 5.41) is 0. The summed E-state index contributed by atoms with van der Waals surface area (Å²) in [4.78, 5) is 13.6. The van der Waals surface area contributed by atoms with Gasteiger partial charge in [0.05, 0.1) is 4.90 Å². The van der Waals surface area contributed by atoms with Gasteiger partial charge in [-0.05, 0) is 35.7 Å². The van der Waals surface area contributed by atoms with Crippen molar-refractivity contribution in [3.05, 3.63) is 59.7 Å². The first-order chi connectivity index (χ1) is 12.4. The predicted octanol–water partition coefficient (Wildman–Crippen LogP) is 1.75. The summed E-state index contributed by atoms with van der Waals surface area (Å²) in [5.41, 5.74) is 8.24. The molecule has 1 heterocycles. The van der Waals surface area contributed by atoms with Crippen LogP contribution in [-0.2, 0) is 27.8 Å². The molecule has 138 valence electrons. The fourth-order valence-corrected chi connectivity index (χ4v) is 4.72. The van der Waals surface area contributed by atoms with E-state index >= 15 is 0 Å². The van der Waals surface area contributed by atoms with Crippen molar-refractivity contribution in [2.45, 2.75) is 24.8 Å². The van der Waals surface area contributed by atoms with Crippen molar-refractivity contribution in [3.63, 3.8) is 0 Å². The lowest BCUT2D eigenvalue weighted by Gasteiger charge is -2.22. The molecule has 3 rings (SSSR count). The highest BCUT2D eigenvalue weighted by Crippen LogP contribution is 2.31. The monoisotopic (exact) mass is 373 g/mol. The summed E-state index contributed by atoms with van der Waals surface area (Å²) < 4.78 is 27.7. The van der Waals surface area contributed by atoms with Gasteiger partial charge in [0.25, 0.3) is 0 Å². The number of sulfonamides is 1. The number of fused-ring (bicyclic) bond motifs is 1. The third kappa shape index (κ3) is 3.65. The van der Waals surface area contributed by atoms with Crippen LogP contribution in [-0.4, -0.2) is 38.3 Å². The molecule has 0 saturated carbocycles. The number of carbonyl (C=O) groups is 1. The van der Waals surface area contributed by atoms with Crippen LogP contribution in [0, 0.1) is 0 Å². The molecule has 0 aromatic heterocycles. The molecule has 0 aliphatic carbocycles. The lowest BCUT2D eigenvalue weighted by Crippen LogP contribution is -2.35. The summed E-state index contributed by atoms with van der Waals surface area (Å²) in [5.74, 6) is -0.0341. The molecule has 2 aromatic rings. The zero-order valence-electron chi connectivity index (χ0n) is 14.8. The van der Waals surface area contributed by atoms with E-state index in [1.165, 1.54) is 11.2 Å². The summed E-state index contributed by atoms with van der Waals surface area (Å²) >= 11 is 0. The number of carbonyl (C=O) groups excluding carboxylic acids is 1. The second kappa shape index (κ2) is 7.57. The molecule has 2 aromatic carbocycles. The summed E-state index contributed by atoms with van der Waals surface area (Å²) in [7, 11) is -3.67. The van der Waals surface area contributed by atoms with Crippen LogP contribution < -0.4 is 10.6 Å².